The maximum absolute atomic E-state index is 12.7. The van der Waals surface area contributed by atoms with Gasteiger partial charge < -0.3 is 10.1 Å². The highest BCUT2D eigenvalue weighted by atomic mass is 19.1. The number of hydrogen-bond acceptors (Lipinski definition) is 4. The quantitative estimate of drug-likeness (QED) is 0.463. The largest absolute Gasteiger partial charge is 0.456 e. The number of rotatable bonds is 7. The van der Waals surface area contributed by atoms with Gasteiger partial charge in [0.1, 0.15) is 5.82 Å². The van der Waals surface area contributed by atoms with Gasteiger partial charge in [0.2, 0.25) is 0 Å². The summed E-state index contributed by atoms with van der Waals surface area (Å²) < 4.78 is 17.4. The molecule has 0 radical (unpaired) electrons. The van der Waals surface area contributed by atoms with Crippen molar-refractivity contribution in [3.8, 4) is 12.3 Å². The summed E-state index contributed by atoms with van der Waals surface area (Å²) in [7, 11) is 0. The third-order valence-electron chi connectivity index (χ3n) is 2.47. The van der Waals surface area contributed by atoms with E-state index < -0.39 is 24.3 Å². The molecule has 0 aliphatic carbocycles. The minimum atomic E-state index is -0.665. The van der Waals surface area contributed by atoms with Gasteiger partial charge in [-0.3, -0.25) is 14.4 Å². The van der Waals surface area contributed by atoms with Gasteiger partial charge >= 0.3 is 5.97 Å². The lowest BCUT2D eigenvalue weighted by molar-refractivity contribution is -0.148. The molecule has 0 bridgehead atoms. The van der Waals surface area contributed by atoms with E-state index in [1.54, 1.807) is 0 Å². The number of halogens is 1. The van der Waals surface area contributed by atoms with Crippen LogP contribution in [0, 0.1) is 18.2 Å². The Morgan fingerprint density at radius 3 is 2.48 bits per heavy atom. The van der Waals surface area contributed by atoms with E-state index in [1.807, 2.05) is 0 Å². The molecule has 0 unspecified atom stereocenters. The highest BCUT2D eigenvalue weighted by Gasteiger charge is 2.11. The minimum absolute atomic E-state index is 0.0550. The second-order valence-corrected chi connectivity index (χ2v) is 4.07. The van der Waals surface area contributed by atoms with Crippen LogP contribution in [0.15, 0.2) is 24.3 Å². The van der Waals surface area contributed by atoms with Crippen molar-refractivity contribution in [2.24, 2.45) is 0 Å². The summed E-state index contributed by atoms with van der Waals surface area (Å²) in [6.07, 6.45) is 4.72. The van der Waals surface area contributed by atoms with Crippen molar-refractivity contribution >= 4 is 17.7 Å². The number of hydrogen-bond donors (Lipinski definition) is 1. The number of ketones is 1. The topological polar surface area (TPSA) is 72.5 Å². The van der Waals surface area contributed by atoms with Crippen LogP contribution in [-0.4, -0.2) is 30.8 Å². The zero-order chi connectivity index (χ0) is 15.7. The second-order valence-electron chi connectivity index (χ2n) is 4.07. The molecule has 1 aromatic carbocycles. The molecular formula is C15H14FNO4. The lowest BCUT2D eigenvalue weighted by Gasteiger charge is -2.04. The Bertz CT molecular complexity index is 560. The van der Waals surface area contributed by atoms with E-state index in [0.717, 1.165) is 0 Å². The van der Waals surface area contributed by atoms with Gasteiger partial charge in [-0.2, -0.15) is 0 Å². The van der Waals surface area contributed by atoms with Gasteiger partial charge in [0.15, 0.2) is 12.4 Å². The van der Waals surface area contributed by atoms with E-state index in [9.17, 15) is 18.8 Å². The third-order valence-corrected chi connectivity index (χ3v) is 2.47. The summed E-state index contributed by atoms with van der Waals surface area (Å²) in [5, 5.41) is 2.33. The first kappa shape index (κ1) is 16.4. The highest BCUT2D eigenvalue weighted by Crippen LogP contribution is 2.07. The predicted octanol–water partition coefficient (Wildman–Crippen LogP) is 1.08. The fourth-order valence-corrected chi connectivity index (χ4v) is 1.41. The van der Waals surface area contributed by atoms with Crippen LogP contribution in [0.5, 0.6) is 0 Å². The molecule has 0 heterocycles. The number of amides is 1. The molecule has 1 aromatic rings. The summed E-state index contributed by atoms with van der Waals surface area (Å²) in [5.74, 6) is 0.288. The van der Waals surface area contributed by atoms with E-state index in [0.29, 0.717) is 5.56 Å². The second kappa shape index (κ2) is 8.48. The van der Waals surface area contributed by atoms with Crippen molar-refractivity contribution in [2.75, 3.05) is 13.2 Å². The molecule has 0 saturated heterocycles. The predicted molar refractivity (Wildman–Crippen MR) is 72.8 cm³/mol. The maximum Gasteiger partial charge on any atom is 0.306 e. The summed E-state index contributed by atoms with van der Waals surface area (Å²) in [4.78, 5) is 34.2. The number of esters is 1. The van der Waals surface area contributed by atoms with Gasteiger partial charge in [0.05, 0.1) is 13.0 Å². The SMILES string of the molecule is C#CCNC(=O)COC(=O)CCC(=O)c1ccc(F)cc1. The van der Waals surface area contributed by atoms with Crippen LogP contribution < -0.4 is 5.32 Å². The number of ether oxygens (including phenoxy) is 1. The molecule has 21 heavy (non-hydrogen) atoms. The molecule has 1 amide bonds. The van der Waals surface area contributed by atoms with Crippen LogP contribution >= 0.6 is 0 Å². The maximum atomic E-state index is 12.7. The molecule has 1 N–H and O–H groups in total. The molecule has 0 spiro atoms. The normalized spacial score (nSPS) is 9.52. The van der Waals surface area contributed by atoms with Crippen molar-refractivity contribution in [2.45, 2.75) is 12.8 Å². The summed E-state index contributed by atoms with van der Waals surface area (Å²) in [6, 6.07) is 5.02. The number of terminal acetylenes is 1. The van der Waals surface area contributed by atoms with E-state index in [-0.39, 0.29) is 25.2 Å². The average molecular weight is 291 g/mol. The van der Waals surface area contributed by atoms with Gasteiger partial charge in [-0.15, -0.1) is 6.42 Å². The first-order valence-electron chi connectivity index (χ1n) is 6.17. The van der Waals surface area contributed by atoms with E-state index in [4.69, 9.17) is 6.42 Å². The molecule has 110 valence electrons. The van der Waals surface area contributed by atoms with Gasteiger partial charge in [-0.25, -0.2) is 4.39 Å². The molecule has 0 atom stereocenters. The Morgan fingerprint density at radius 1 is 1.19 bits per heavy atom. The molecule has 6 heteroatoms. The van der Waals surface area contributed by atoms with Crippen LogP contribution in [0.2, 0.25) is 0 Å². The molecular weight excluding hydrogens is 277 g/mol. The highest BCUT2D eigenvalue weighted by molar-refractivity contribution is 5.97. The zero-order valence-corrected chi connectivity index (χ0v) is 11.2. The van der Waals surface area contributed by atoms with Crippen LogP contribution in [-0.2, 0) is 14.3 Å². The van der Waals surface area contributed by atoms with Gasteiger partial charge in [-0.1, -0.05) is 5.92 Å². The van der Waals surface area contributed by atoms with Crippen LogP contribution in [0.4, 0.5) is 4.39 Å². The summed E-state index contributed by atoms with van der Waals surface area (Å²) >= 11 is 0. The first-order valence-corrected chi connectivity index (χ1v) is 6.17. The molecule has 5 nitrogen and oxygen atoms in total. The van der Waals surface area contributed by atoms with Gasteiger partial charge in [0, 0.05) is 12.0 Å². The molecule has 0 aromatic heterocycles. The Balaban J connectivity index is 2.30. The summed E-state index contributed by atoms with van der Waals surface area (Å²) in [6.45, 7) is -0.384. The molecule has 0 fully saturated rings. The molecule has 1 rings (SSSR count). The van der Waals surface area contributed by atoms with Crippen molar-refractivity contribution in [3.05, 3.63) is 35.6 Å². The van der Waals surface area contributed by atoms with E-state index in [1.165, 1.54) is 24.3 Å². The lowest BCUT2D eigenvalue weighted by atomic mass is 10.1. The number of carbonyl (C=O) groups is 3. The van der Waals surface area contributed by atoms with Gasteiger partial charge in [0.25, 0.3) is 5.91 Å². The summed E-state index contributed by atoms with van der Waals surface area (Å²) in [5.41, 5.74) is 0.316. The smallest absolute Gasteiger partial charge is 0.306 e. The molecule has 0 aliphatic rings. The standard InChI is InChI=1S/C15H14FNO4/c1-2-9-17-14(19)10-21-15(20)8-7-13(18)11-3-5-12(16)6-4-11/h1,3-6H,7-10H2,(H,17,19). The monoisotopic (exact) mass is 291 g/mol. The lowest BCUT2D eigenvalue weighted by Crippen LogP contribution is -2.29. The van der Waals surface area contributed by atoms with Crippen molar-refractivity contribution in [3.63, 3.8) is 0 Å². The number of Topliss-reactive ketones (excluding diaryl/α,β-unsaturated/α-hetero) is 1. The Morgan fingerprint density at radius 2 is 1.86 bits per heavy atom. The number of nitrogens with one attached hydrogen (secondary N) is 1. The van der Waals surface area contributed by atoms with Crippen LogP contribution in [0.3, 0.4) is 0 Å². The Labute approximate surface area is 121 Å². The van der Waals surface area contributed by atoms with E-state index >= 15 is 0 Å². The third kappa shape index (κ3) is 6.34. The van der Waals surface area contributed by atoms with E-state index in [2.05, 4.69) is 16.0 Å². The first-order chi connectivity index (χ1) is 10.0. The van der Waals surface area contributed by atoms with Crippen molar-refractivity contribution < 1.29 is 23.5 Å². The Kier molecular flexibility index (Phi) is 6.61. The number of benzene rings is 1. The van der Waals surface area contributed by atoms with Crippen molar-refractivity contribution in [1.29, 1.82) is 0 Å². The zero-order valence-electron chi connectivity index (χ0n) is 11.2. The fraction of sp³-hybridized carbons (Fsp3) is 0.267. The molecule has 0 saturated carbocycles. The Hall–Kier alpha value is -2.68. The van der Waals surface area contributed by atoms with Crippen LogP contribution in [0.25, 0.3) is 0 Å². The van der Waals surface area contributed by atoms with Crippen LogP contribution in [0.1, 0.15) is 23.2 Å². The van der Waals surface area contributed by atoms with Crippen molar-refractivity contribution in [1.82, 2.24) is 5.32 Å². The molecule has 0 aliphatic heterocycles. The minimum Gasteiger partial charge on any atom is -0.456 e. The van der Waals surface area contributed by atoms with Gasteiger partial charge in [-0.05, 0) is 24.3 Å². The fourth-order valence-electron chi connectivity index (χ4n) is 1.41. The average Bonchev–Trinajstić information content (AvgIpc) is 2.49. The number of carbonyl (C=O) groups excluding carboxylic acids is 3.